The van der Waals surface area contributed by atoms with Crippen molar-refractivity contribution in [2.24, 2.45) is 0 Å². The molecule has 1 fully saturated rings. The molecule has 1 rings (SSSR count). The van der Waals surface area contributed by atoms with E-state index in [1.165, 1.54) is 0 Å². The van der Waals surface area contributed by atoms with Gasteiger partial charge in [-0.2, -0.15) is 0 Å². The maximum Gasteiger partial charge on any atom is 0.184 e. The molecule has 1 saturated heterocycles. The molecule has 0 saturated carbocycles. The van der Waals surface area contributed by atoms with E-state index in [4.69, 9.17) is 19.7 Å². The molecule has 6 nitrogen and oxygen atoms in total. The summed E-state index contributed by atoms with van der Waals surface area (Å²) < 4.78 is 10.9. The molecule has 0 aromatic rings. The van der Waals surface area contributed by atoms with E-state index in [0.29, 0.717) is 6.61 Å². The Morgan fingerprint density at radius 1 is 1.27 bits per heavy atom. The fourth-order valence-corrected chi connectivity index (χ4v) is 1.69. The second-order valence-corrected chi connectivity index (χ2v) is 4.33. The Hall–Kier alpha value is 0.490. The third kappa shape index (κ3) is 3.22. The summed E-state index contributed by atoms with van der Waals surface area (Å²) in [5.74, 6) is 0. The first kappa shape index (κ1) is 13.6. The van der Waals surface area contributed by atoms with E-state index in [9.17, 15) is 10.2 Å². The molecule has 0 spiro atoms. The van der Waals surface area contributed by atoms with Gasteiger partial charge in [0.05, 0.1) is 13.2 Å². The van der Waals surface area contributed by atoms with Crippen LogP contribution in [0.2, 0.25) is 0 Å². The van der Waals surface area contributed by atoms with Crippen molar-refractivity contribution in [3.05, 3.63) is 0 Å². The van der Waals surface area contributed by atoms with Gasteiger partial charge in [0.15, 0.2) is 6.29 Å². The van der Waals surface area contributed by atoms with E-state index in [1.807, 2.05) is 0 Å². The molecule has 0 radical (unpaired) electrons. The van der Waals surface area contributed by atoms with Gasteiger partial charge in [-0.25, -0.2) is 0 Å². The zero-order valence-corrected chi connectivity index (χ0v) is 10.1. The first-order valence-corrected chi connectivity index (χ1v) is 6.12. The largest absolute Gasteiger partial charge is 0.394 e. The normalized spacial score (nSPS) is 38.2. The Kier molecular flexibility index (Phi) is 5.68. The number of aliphatic hydroxyl groups excluding tert-OH is 4. The highest BCUT2D eigenvalue weighted by molar-refractivity contribution is 14.1. The molecule has 0 bridgehead atoms. The molecule has 1 aliphatic heterocycles. The summed E-state index contributed by atoms with van der Waals surface area (Å²) in [6.07, 6.45) is -5.66. The quantitative estimate of drug-likeness (QED) is 0.351. The van der Waals surface area contributed by atoms with E-state index in [1.54, 1.807) is 0 Å². The topological polar surface area (TPSA) is 99.4 Å². The third-order valence-corrected chi connectivity index (χ3v) is 2.67. The molecule has 1 heterocycles. The maximum absolute atomic E-state index is 9.50. The summed E-state index contributed by atoms with van der Waals surface area (Å²) in [5.41, 5.74) is 0. The number of ether oxygens (including phenoxy) is 2. The van der Waals surface area contributed by atoms with Crippen LogP contribution >= 0.6 is 22.6 Å². The summed E-state index contributed by atoms with van der Waals surface area (Å²) in [5, 5.41) is 36.9. The molecule has 0 aromatic carbocycles. The van der Waals surface area contributed by atoms with Gasteiger partial charge in [0.2, 0.25) is 0 Å². The van der Waals surface area contributed by atoms with Crippen molar-refractivity contribution in [2.75, 3.05) is 17.6 Å². The van der Waals surface area contributed by atoms with Crippen molar-refractivity contribution >= 4 is 22.6 Å². The highest BCUT2D eigenvalue weighted by Crippen LogP contribution is 2.23. The van der Waals surface area contributed by atoms with Crippen LogP contribution < -0.4 is 0 Å². The Labute approximate surface area is 101 Å². The van der Waals surface area contributed by atoms with Crippen LogP contribution in [0.25, 0.3) is 0 Å². The van der Waals surface area contributed by atoms with Crippen LogP contribution in [0.3, 0.4) is 0 Å². The van der Waals surface area contributed by atoms with Crippen molar-refractivity contribution in [1.82, 2.24) is 0 Å². The van der Waals surface area contributed by atoms with Crippen LogP contribution in [-0.2, 0) is 9.47 Å². The molecular weight excluding hydrogens is 319 g/mol. The number of rotatable bonds is 5. The first-order valence-electron chi connectivity index (χ1n) is 4.60. The fourth-order valence-electron chi connectivity index (χ4n) is 1.44. The lowest BCUT2D eigenvalue weighted by molar-refractivity contribution is -0.159. The van der Waals surface area contributed by atoms with Crippen molar-refractivity contribution in [2.45, 2.75) is 30.7 Å². The van der Waals surface area contributed by atoms with Crippen LogP contribution in [0.5, 0.6) is 0 Å². The number of alkyl halides is 1. The van der Waals surface area contributed by atoms with Crippen LogP contribution in [0.4, 0.5) is 0 Å². The fraction of sp³-hybridized carbons (Fsp3) is 1.00. The Bertz CT molecular complexity index is 192. The second kappa shape index (κ2) is 6.28. The molecule has 7 heteroatoms. The molecule has 0 amide bonds. The molecule has 0 aromatic heterocycles. The monoisotopic (exact) mass is 334 g/mol. The van der Waals surface area contributed by atoms with Crippen molar-refractivity contribution in [1.29, 1.82) is 0 Å². The standard InChI is InChI=1S/C8H15IO6/c9-1-2-14-4(3-10)7-5(11)6(12)8(13)15-7/h4-8,10-13H,1-3H2/t4-,5-,6-,7-,8+/m1/s1. The minimum atomic E-state index is -1.43. The predicted octanol–water partition coefficient (Wildman–Crippen LogP) is -1.76. The van der Waals surface area contributed by atoms with E-state index in [0.717, 1.165) is 4.43 Å². The van der Waals surface area contributed by atoms with E-state index >= 15 is 0 Å². The van der Waals surface area contributed by atoms with Gasteiger partial charge in [0, 0.05) is 4.43 Å². The molecule has 0 unspecified atom stereocenters. The van der Waals surface area contributed by atoms with Crippen molar-refractivity contribution < 1.29 is 29.9 Å². The molecule has 0 aliphatic carbocycles. The van der Waals surface area contributed by atoms with Gasteiger partial charge >= 0.3 is 0 Å². The predicted molar refractivity (Wildman–Crippen MR) is 58.6 cm³/mol. The number of halogens is 1. The van der Waals surface area contributed by atoms with Crippen molar-refractivity contribution in [3.63, 3.8) is 0 Å². The molecule has 90 valence electrons. The van der Waals surface area contributed by atoms with Gasteiger partial charge in [0.25, 0.3) is 0 Å². The zero-order valence-electron chi connectivity index (χ0n) is 7.99. The molecule has 5 atom stereocenters. The van der Waals surface area contributed by atoms with Gasteiger partial charge in [-0.1, -0.05) is 22.6 Å². The van der Waals surface area contributed by atoms with Crippen LogP contribution in [0, 0.1) is 0 Å². The Balaban J connectivity index is 2.53. The third-order valence-electron chi connectivity index (χ3n) is 2.23. The summed E-state index contributed by atoms with van der Waals surface area (Å²) >= 11 is 2.11. The Morgan fingerprint density at radius 2 is 1.93 bits per heavy atom. The molecule has 1 aliphatic rings. The average Bonchev–Trinajstić information content (AvgIpc) is 2.48. The number of hydrogen-bond acceptors (Lipinski definition) is 6. The van der Waals surface area contributed by atoms with Gasteiger partial charge in [-0.3, -0.25) is 0 Å². The highest BCUT2D eigenvalue weighted by atomic mass is 127. The highest BCUT2D eigenvalue weighted by Gasteiger charge is 2.45. The minimum Gasteiger partial charge on any atom is -0.394 e. The van der Waals surface area contributed by atoms with E-state index in [2.05, 4.69) is 22.6 Å². The zero-order chi connectivity index (χ0) is 11.4. The number of hydrogen-bond donors (Lipinski definition) is 4. The smallest absolute Gasteiger partial charge is 0.184 e. The van der Waals surface area contributed by atoms with Gasteiger partial charge < -0.3 is 29.9 Å². The first-order chi connectivity index (χ1) is 7.11. The van der Waals surface area contributed by atoms with Crippen molar-refractivity contribution in [3.8, 4) is 0 Å². The van der Waals surface area contributed by atoms with Crippen LogP contribution in [-0.4, -0.2) is 68.8 Å². The van der Waals surface area contributed by atoms with Gasteiger partial charge in [0.1, 0.15) is 24.4 Å². The summed E-state index contributed by atoms with van der Waals surface area (Å²) in [6, 6.07) is 0. The van der Waals surface area contributed by atoms with Crippen LogP contribution in [0.15, 0.2) is 0 Å². The lowest BCUT2D eigenvalue weighted by Gasteiger charge is -2.23. The summed E-state index contributed by atoms with van der Waals surface area (Å²) in [4.78, 5) is 0. The lowest BCUT2D eigenvalue weighted by atomic mass is 10.1. The summed E-state index contributed by atoms with van der Waals surface area (Å²) in [6.45, 7) is 0.0718. The minimum absolute atomic E-state index is 0.336. The second-order valence-electron chi connectivity index (χ2n) is 3.25. The lowest BCUT2D eigenvalue weighted by Crippen LogP contribution is -2.42. The van der Waals surface area contributed by atoms with Crippen LogP contribution in [0.1, 0.15) is 0 Å². The average molecular weight is 334 g/mol. The molecule has 15 heavy (non-hydrogen) atoms. The summed E-state index contributed by atoms with van der Waals surface area (Å²) in [7, 11) is 0. The van der Waals surface area contributed by atoms with Gasteiger partial charge in [-0.15, -0.1) is 0 Å². The van der Waals surface area contributed by atoms with Gasteiger partial charge in [-0.05, 0) is 0 Å². The van der Waals surface area contributed by atoms with E-state index < -0.39 is 30.7 Å². The maximum atomic E-state index is 9.50. The number of aliphatic hydroxyl groups is 4. The SMILES string of the molecule is OC[C@@H](OCCI)[C@H]1O[C@H](O)[C@H](O)[C@H]1O. The Morgan fingerprint density at radius 3 is 2.33 bits per heavy atom. The molecule has 4 N–H and O–H groups in total. The van der Waals surface area contributed by atoms with E-state index in [-0.39, 0.29) is 6.61 Å². The molecular formula is C8H15IO6.